The summed E-state index contributed by atoms with van der Waals surface area (Å²) in [4.78, 5) is 26.0. The number of pyridine rings is 1. The number of aromatic nitrogens is 4. The zero-order valence-corrected chi connectivity index (χ0v) is 25.9. The van der Waals surface area contributed by atoms with E-state index in [0.29, 0.717) is 35.4 Å². The number of aryl methyl sites for hydroxylation is 1. The molecule has 9 rings (SSSR count). The van der Waals surface area contributed by atoms with Crippen molar-refractivity contribution in [2.24, 2.45) is 34.8 Å². The molecule has 2 bridgehead atoms. The lowest BCUT2D eigenvalue weighted by Gasteiger charge is -2.27. The van der Waals surface area contributed by atoms with E-state index in [4.69, 9.17) is 20.4 Å². The second-order valence-electron chi connectivity index (χ2n) is 13.4. The minimum atomic E-state index is -0.671. The second kappa shape index (κ2) is 10.2. The van der Waals surface area contributed by atoms with Crippen LogP contribution >= 0.6 is 0 Å². The molecule has 0 radical (unpaired) electrons. The highest BCUT2D eigenvalue weighted by Crippen LogP contribution is 2.41. The van der Waals surface area contributed by atoms with Crippen molar-refractivity contribution in [3.63, 3.8) is 0 Å². The first-order valence-corrected chi connectivity index (χ1v) is 16.2. The number of carbonyl (C=O) groups excluding carboxylic acids is 1. The van der Waals surface area contributed by atoms with E-state index in [1.165, 1.54) is 12.8 Å². The monoisotopic (exact) mass is 616 g/mol. The largest absolute Gasteiger partial charge is 0.494 e. The Morgan fingerprint density at radius 2 is 1.93 bits per heavy atom. The Balaban J connectivity index is 1.14. The van der Waals surface area contributed by atoms with Gasteiger partial charge in [0.15, 0.2) is 5.82 Å². The van der Waals surface area contributed by atoms with Crippen molar-refractivity contribution in [1.29, 1.82) is 0 Å². The average Bonchev–Trinajstić information content (AvgIpc) is 3.48. The van der Waals surface area contributed by atoms with E-state index in [9.17, 15) is 9.90 Å². The Kier molecular flexibility index (Phi) is 6.14. The van der Waals surface area contributed by atoms with Crippen LogP contribution in [-0.4, -0.2) is 67.3 Å². The summed E-state index contributed by atoms with van der Waals surface area (Å²) in [5.74, 6) is 2.39. The van der Waals surface area contributed by atoms with Gasteiger partial charge in [0, 0.05) is 54.3 Å². The van der Waals surface area contributed by atoms with E-state index < -0.39 is 6.10 Å². The lowest BCUT2D eigenvalue weighted by atomic mass is 10.0. The molecule has 11 heteroatoms. The number of methoxy groups -OCH3 is 1. The number of azo groups is 1. The number of carbonyl (C=O) groups is 1. The standard InChI is InChI=1S/C35H36N8O3/c1-41-32-26(12-22(14-30(32)46-2)35(45)43-17-21-7-10-27(43)31(21)36)39-34(41)28-13-20-6-8-24(38-33(20)42(28)16-18-3-4-18)19-5-9-25-23(11-19)29(44)15-37-40-25/h5-6,8-9,11-14,18,21,27,29,31,44H,3-4,7,10,15-17,36H2,1-2H3/t21?,27?,29?,31-/m1/s1. The number of imidazole rings is 1. The summed E-state index contributed by atoms with van der Waals surface area (Å²) in [5, 5.41) is 19.8. The fourth-order valence-electron chi connectivity index (χ4n) is 7.85. The summed E-state index contributed by atoms with van der Waals surface area (Å²) in [7, 11) is 3.64. The third-order valence-corrected chi connectivity index (χ3v) is 10.5. The van der Waals surface area contributed by atoms with Gasteiger partial charge in [-0.25, -0.2) is 9.97 Å². The maximum atomic E-state index is 13.7. The van der Waals surface area contributed by atoms with Gasteiger partial charge in [0.1, 0.15) is 23.0 Å². The van der Waals surface area contributed by atoms with Crippen LogP contribution in [-0.2, 0) is 13.6 Å². The van der Waals surface area contributed by atoms with Crippen molar-refractivity contribution < 1.29 is 14.6 Å². The Hall–Kier alpha value is -4.61. The van der Waals surface area contributed by atoms with Crippen LogP contribution in [0.5, 0.6) is 5.75 Å². The summed E-state index contributed by atoms with van der Waals surface area (Å²) in [6.07, 6.45) is 3.78. The summed E-state index contributed by atoms with van der Waals surface area (Å²) >= 11 is 0. The van der Waals surface area contributed by atoms with Gasteiger partial charge in [-0.05, 0) is 80.0 Å². The van der Waals surface area contributed by atoms with Gasteiger partial charge in [0.05, 0.1) is 36.2 Å². The third-order valence-electron chi connectivity index (χ3n) is 10.5. The molecule has 3 unspecified atom stereocenters. The molecule has 2 aromatic carbocycles. The number of nitrogens with zero attached hydrogens (tertiary/aromatic N) is 7. The Morgan fingerprint density at radius 1 is 1.07 bits per heavy atom. The molecule has 1 saturated heterocycles. The number of aliphatic hydroxyl groups excluding tert-OH is 1. The Morgan fingerprint density at radius 3 is 2.70 bits per heavy atom. The zero-order chi connectivity index (χ0) is 31.3. The van der Waals surface area contributed by atoms with Gasteiger partial charge >= 0.3 is 0 Å². The van der Waals surface area contributed by atoms with Crippen molar-refractivity contribution >= 4 is 33.7 Å². The minimum Gasteiger partial charge on any atom is -0.494 e. The second-order valence-corrected chi connectivity index (χ2v) is 13.4. The normalized spacial score (nSPS) is 23.5. The van der Waals surface area contributed by atoms with Gasteiger partial charge in [0.25, 0.3) is 5.91 Å². The van der Waals surface area contributed by atoms with Crippen LogP contribution in [0.1, 0.15) is 47.7 Å². The number of fused-ring (bicyclic) bond motifs is 5. The molecule has 5 aromatic rings. The number of aliphatic hydroxyl groups is 1. The van der Waals surface area contributed by atoms with Crippen LogP contribution in [0.2, 0.25) is 0 Å². The molecular weight excluding hydrogens is 580 g/mol. The van der Waals surface area contributed by atoms with Crippen molar-refractivity contribution in [1.82, 2.24) is 24.0 Å². The number of ether oxygens (including phenoxy) is 1. The highest BCUT2D eigenvalue weighted by molar-refractivity contribution is 6.00. The topological polar surface area (TPSA) is 136 Å². The molecule has 234 valence electrons. The zero-order valence-electron chi connectivity index (χ0n) is 25.9. The minimum absolute atomic E-state index is 0.00704. The third kappa shape index (κ3) is 4.21. The summed E-state index contributed by atoms with van der Waals surface area (Å²) < 4.78 is 10.2. The number of likely N-dealkylation sites (tertiary alicyclic amines) is 1. The fraction of sp³-hybridized carbons (Fsp3) is 0.400. The highest BCUT2D eigenvalue weighted by atomic mass is 16.5. The smallest absolute Gasteiger partial charge is 0.254 e. The first kappa shape index (κ1) is 27.7. The van der Waals surface area contributed by atoms with Crippen LogP contribution in [0.15, 0.2) is 58.8 Å². The molecule has 4 aliphatic rings. The van der Waals surface area contributed by atoms with Crippen molar-refractivity contribution in [3.05, 3.63) is 59.7 Å². The SMILES string of the molecule is COc1cc(C(=O)N2CC3CCC2[C@@H]3N)cc2nc(-c3cc4ccc(-c5ccc6c(c5)C(O)CN=N6)nc4n3CC3CC3)n(C)c12. The van der Waals surface area contributed by atoms with E-state index in [2.05, 4.69) is 31.5 Å². The van der Waals surface area contributed by atoms with E-state index in [0.717, 1.165) is 69.8 Å². The van der Waals surface area contributed by atoms with E-state index in [1.54, 1.807) is 7.11 Å². The van der Waals surface area contributed by atoms with Crippen LogP contribution in [0.3, 0.4) is 0 Å². The average molecular weight is 617 g/mol. The molecular formula is C35H36N8O3. The lowest BCUT2D eigenvalue weighted by molar-refractivity contribution is 0.0700. The number of amides is 1. The molecule has 2 aliphatic carbocycles. The number of rotatable bonds is 6. The summed E-state index contributed by atoms with van der Waals surface area (Å²) in [5.41, 5.74) is 13.7. The van der Waals surface area contributed by atoms with Gasteiger partial charge < -0.3 is 29.6 Å². The molecule has 3 fully saturated rings. The first-order valence-electron chi connectivity index (χ1n) is 16.2. The molecule has 4 atom stereocenters. The molecule has 11 nitrogen and oxygen atoms in total. The highest BCUT2D eigenvalue weighted by Gasteiger charge is 2.47. The first-order chi connectivity index (χ1) is 22.4. The Labute approximate surface area is 265 Å². The van der Waals surface area contributed by atoms with Crippen molar-refractivity contribution in [2.45, 2.75) is 50.4 Å². The van der Waals surface area contributed by atoms with E-state index in [1.807, 2.05) is 48.3 Å². The van der Waals surface area contributed by atoms with Gasteiger partial charge in [-0.1, -0.05) is 6.07 Å². The summed E-state index contributed by atoms with van der Waals surface area (Å²) in [6, 6.07) is 16.0. The number of hydrogen-bond donors (Lipinski definition) is 2. The van der Waals surface area contributed by atoms with Crippen molar-refractivity contribution in [2.75, 3.05) is 20.2 Å². The molecule has 2 aliphatic heterocycles. The molecule has 46 heavy (non-hydrogen) atoms. The van der Waals surface area contributed by atoms with Gasteiger partial charge in [-0.15, -0.1) is 0 Å². The molecule has 3 N–H and O–H groups in total. The number of hydrogen-bond acceptors (Lipinski definition) is 8. The van der Waals surface area contributed by atoms with E-state index >= 15 is 0 Å². The molecule has 1 amide bonds. The predicted octanol–water partition coefficient (Wildman–Crippen LogP) is 5.37. The van der Waals surface area contributed by atoms with Crippen LogP contribution < -0.4 is 10.5 Å². The molecule has 5 heterocycles. The molecule has 0 spiro atoms. The summed E-state index contributed by atoms with van der Waals surface area (Å²) in [6.45, 7) is 1.83. The predicted molar refractivity (Wildman–Crippen MR) is 174 cm³/mol. The Bertz CT molecular complexity index is 2090. The fourth-order valence-corrected chi connectivity index (χ4v) is 7.85. The van der Waals surface area contributed by atoms with Crippen LogP contribution in [0, 0.1) is 11.8 Å². The maximum Gasteiger partial charge on any atom is 0.254 e. The maximum absolute atomic E-state index is 13.7. The van der Waals surface area contributed by atoms with Crippen LogP contribution in [0.25, 0.3) is 44.8 Å². The molecule has 3 aromatic heterocycles. The lowest BCUT2D eigenvalue weighted by Crippen LogP contribution is -2.41. The number of nitrogens with two attached hydrogens (primary N) is 1. The van der Waals surface area contributed by atoms with Crippen molar-refractivity contribution in [3.8, 4) is 28.5 Å². The quantitative estimate of drug-likeness (QED) is 0.263. The van der Waals surface area contributed by atoms with E-state index in [-0.39, 0.29) is 24.5 Å². The van der Waals surface area contributed by atoms with Gasteiger partial charge in [-0.3, -0.25) is 4.79 Å². The van der Waals surface area contributed by atoms with Gasteiger partial charge in [-0.2, -0.15) is 10.2 Å². The van der Waals surface area contributed by atoms with Gasteiger partial charge in [0.2, 0.25) is 0 Å². The number of benzene rings is 2. The number of piperidine rings is 1. The van der Waals surface area contributed by atoms with Crippen LogP contribution in [0.4, 0.5) is 5.69 Å². The molecule has 2 saturated carbocycles.